The van der Waals surface area contributed by atoms with E-state index in [1.54, 1.807) is 24.3 Å². The quantitative estimate of drug-likeness (QED) is 0.245. The first-order valence-electron chi connectivity index (χ1n) is 11.9. The second-order valence-corrected chi connectivity index (χ2v) is 9.14. The zero-order valence-corrected chi connectivity index (χ0v) is 20.8. The molecule has 0 radical (unpaired) electrons. The third kappa shape index (κ3) is 5.81. The van der Waals surface area contributed by atoms with Gasteiger partial charge in [0, 0.05) is 36.1 Å². The van der Waals surface area contributed by atoms with Crippen molar-refractivity contribution in [1.82, 2.24) is 30.1 Å². The van der Waals surface area contributed by atoms with Crippen molar-refractivity contribution in [2.45, 2.75) is 44.2 Å². The normalized spacial score (nSPS) is 16.9. The highest BCUT2D eigenvalue weighted by Gasteiger charge is 2.24. The van der Waals surface area contributed by atoms with Gasteiger partial charge in [-0.05, 0) is 37.8 Å². The molecule has 2 amide bonds. The number of nitrogens with one attached hydrogen (secondary N) is 4. The maximum Gasteiger partial charge on any atom is 0.276 e. The second-order valence-electron chi connectivity index (χ2n) is 8.75. The predicted molar refractivity (Wildman–Crippen MR) is 138 cm³/mol. The Morgan fingerprint density at radius 1 is 1.13 bits per heavy atom. The molecular weight excluding hydrogens is 512 g/mol. The van der Waals surface area contributed by atoms with Gasteiger partial charge in [0.05, 0.1) is 18.0 Å². The number of anilines is 4. The number of amides is 2. The van der Waals surface area contributed by atoms with Gasteiger partial charge in [0.1, 0.15) is 23.7 Å². The van der Waals surface area contributed by atoms with Crippen LogP contribution in [0, 0.1) is 11.3 Å². The molecule has 4 heterocycles. The molecule has 0 unspecified atom stereocenters. The van der Waals surface area contributed by atoms with Crippen LogP contribution in [-0.4, -0.2) is 48.6 Å². The Kier molecular flexibility index (Phi) is 7.32. The highest BCUT2D eigenvalue weighted by atomic mass is 35.5. The lowest BCUT2D eigenvalue weighted by Gasteiger charge is -2.30. The molecule has 0 aromatic carbocycles. The third-order valence-electron chi connectivity index (χ3n) is 6.07. The molecule has 0 bridgehead atoms. The van der Waals surface area contributed by atoms with Gasteiger partial charge >= 0.3 is 0 Å². The Labute approximate surface area is 221 Å². The minimum Gasteiger partial charge on any atom is -0.366 e. The molecule has 4 aromatic rings. The summed E-state index contributed by atoms with van der Waals surface area (Å²) in [6, 6.07) is 8.63. The van der Waals surface area contributed by atoms with E-state index in [9.17, 15) is 9.59 Å². The van der Waals surface area contributed by atoms with Crippen molar-refractivity contribution >= 4 is 52.1 Å². The van der Waals surface area contributed by atoms with E-state index in [1.165, 1.54) is 23.2 Å². The summed E-state index contributed by atoms with van der Waals surface area (Å²) in [6.07, 6.45) is 7.37. The summed E-state index contributed by atoms with van der Waals surface area (Å²) in [6.45, 7) is 0. The fourth-order valence-electron chi connectivity index (χ4n) is 4.32. The largest absolute Gasteiger partial charge is 0.366 e. The van der Waals surface area contributed by atoms with Gasteiger partial charge in [0.25, 0.3) is 5.91 Å². The average molecular weight is 535 g/mol. The number of nitrogens with zero attached hydrogens (tertiary/aromatic N) is 6. The number of fused-ring (bicyclic) bond motifs is 1. The summed E-state index contributed by atoms with van der Waals surface area (Å²) in [5.41, 5.74) is 1.68. The maximum atomic E-state index is 13.1. The fourth-order valence-corrected chi connectivity index (χ4v) is 4.49. The van der Waals surface area contributed by atoms with E-state index in [1.807, 2.05) is 6.07 Å². The minimum absolute atomic E-state index is 0.0411. The van der Waals surface area contributed by atoms with Crippen LogP contribution in [0.3, 0.4) is 0 Å². The molecule has 0 aliphatic heterocycles. The molecule has 1 aliphatic carbocycles. The SMILES string of the molecule is N#CCC(=O)NC1CCC(Nc2cc(Nc3ccon3)c3ncc(C(=O)Nc4ccnc(Cl)c4)n3n2)CC1. The third-order valence-corrected chi connectivity index (χ3v) is 6.28. The molecule has 0 atom stereocenters. The van der Waals surface area contributed by atoms with Gasteiger partial charge in [-0.25, -0.2) is 14.5 Å². The van der Waals surface area contributed by atoms with Crippen LogP contribution in [0.1, 0.15) is 42.6 Å². The number of pyridine rings is 1. The molecule has 14 heteroatoms. The number of halogens is 1. The van der Waals surface area contributed by atoms with E-state index in [-0.39, 0.29) is 35.3 Å². The number of carbonyl (C=O) groups excluding carboxylic acids is 2. The standard InChI is InChI=1S/C24H23ClN10O3/c25-19-11-16(6-9-27-19)31-24(37)18-13-28-23-17(32-20-7-10-38-34-20)12-21(33-35(18)23)29-14-1-3-15(4-2-14)30-22(36)5-8-26/h6-7,9-15H,1-5H2,(H,29,33)(H,30,36)(H,32,34)(H,27,31,37). The molecule has 0 spiro atoms. The topological polar surface area (TPSA) is 175 Å². The van der Waals surface area contributed by atoms with Crippen LogP contribution in [-0.2, 0) is 4.79 Å². The molecule has 1 fully saturated rings. The number of nitriles is 1. The van der Waals surface area contributed by atoms with Crippen LogP contribution in [0.2, 0.25) is 5.15 Å². The first-order chi connectivity index (χ1) is 18.5. The highest BCUT2D eigenvalue weighted by molar-refractivity contribution is 6.29. The van der Waals surface area contributed by atoms with E-state index in [2.05, 4.69) is 41.5 Å². The molecule has 4 N–H and O–H groups in total. The molecule has 0 saturated heterocycles. The van der Waals surface area contributed by atoms with Crippen LogP contribution in [0.25, 0.3) is 5.65 Å². The lowest BCUT2D eigenvalue weighted by atomic mass is 9.91. The fraction of sp³-hybridized carbons (Fsp3) is 0.292. The predicted octanol–water partition coefficient (Wildman–Crippen LogP) is 3.51. The first kappa shape index (κ1) is 25.0. The molecule has 13 nitrogen and oxygen atoms in total. The number of aromatic nitrogens is 5. The van der Waals surface area contributed by atoms with Gasteiger partial charge in [0.15, 0.2) is 17.2 Å². The first-order valence-corrected chi connectivity index (χ1v) is 12.3. The zero-order valence-electron chi connectivity index (χ0n) is 20.0. The van der Waals surface area contributed by atoms with Gasteiger partial charge in [0.2, 0.25) is 5.91 Å². The Hall–Kier alpha value is -4.70. The Morgan fingerprint density at radius 2 is 1.95 bits per heavy atom. The second kappa shape index (κ2) is 11.1. The Bertz CT molecular complexity index is 1490. The van der Waals surface area contributed by atoms with E-state index in [0.717, 1.165) is 25.7 Å². The summed E-state index contributed by atoms with van der Waals surface area (Å²) >= 11 is 5.94. The Morgan fingerprint density at radius 3 is 2.68 bits per heavy atom. The molecule has 38 heavy (non-hydrogen) atoms. The Balaban J connectivity index is 1.37. The van der Waals surface area contributed by atoms with Crippen molar-refractivity contribution in [2.75, 3.05) is 16.0 Å². The van der Waals surface area contributed by atoms with Gasteiger partial charge in [-0.15, -0.1) is 5.10 Å². The lowest BCUT2D eigenvalue weighted by Crippen LogP contribution is -2.40. The molecule has 1 aliphatic rings. The molecule has 194 valence electrons. The zero-order chi connectivity index (χ0) is 26.5. The number of hydrogen-bond acceptors (Lipinski definition) is 10. The van der Waals surface area contributed by atoms with E-state index < -0.39 is 5.91 Å². The number of imidazole rings is 1. The van der Waals surface area contributed by atoms with Crippen LogP contribution in [0.15, 0.2) is 47.4 Å². The van der Waals surface area contributed by atoms with Crippen molar-refractivity contribution in [2.24, 2.45) is 0 Å². The summed E-state index contributed by atoms with van der Waals surface area (Å²) < 4.78 is 6.38. The minimum atomic E-state index is -0.426. The summed E-state index contributed by atoms with van der Waals surface area (Å²) in [7, 11) is 0. The van der Waals surface area contributed by atoms with Crippen LogP contribution in [0.5, 0.6) is 0 Å². The summed E-state index contributed by atoms with van der Waals surface area (Å²) in [5.74, 6) is 0.322. The number of carbonyl (C=O) groups is 2. The molecule has 4 aromatic heterocycles. The summed E-state index contributed by atoms with van der Waals surface area (Å²) in [4.78, 5) is 33.2. The summed E-state index contributed by atoms with van der Waals surface area (Å²) in [5, 5.41) is 29.8. The van der Waals surface area contributed by atoms with Crippen LogP contribution < -0.4 is 21.3 Å². The number of rotatable bonds is 8. The van der Waals surface area contributed by atoms with Crippen molar-refractivity contribution in [3.8, 4) is 6.07 Å². The van der Waals surface area contributed by atoms with Crippen molar-refractivity contribution in [3.05, 3.63) is 53.8 Å². The number of hydrogen-bond donors (Lipinski definition) is 4. The van der Waals surface area contributed by atoms with E-state index in [4.69, 9.17) is 21.4 Å². The lowest BCUT2D eigenvalue weighted by molar-refractivity contribution is -0.121. The van der Waals surface area contributed by atoms with Gasteiger partial charge < -0.3 is 25.8 Å². The molecule has 1 saturated carbocycles. The van der Waals surface area contributed by atoms with E-state index >= 15 is 0 Å². The van der Waals surface area contributed by atoms with Gasteiger partial charge in [-0.1, -0.05) is 16.8 Å². The smallest absolute Gasteiger partial charge is 0.276 e. The van der Waals surface area contributed by atoms with Gasteiger partial charge in [-0.3, -0.25) is 9.59 Å². The van der Waals surface area contributed by atoms with Crippen molar-refractivity contribution in [3.63, 3.8) is 0 Å². The monoisotopic (exact) mass is 534 g/mol. The maximum absolute atomic E-state index is 13.1. The van der Waals surface area contributed by atoms with Crippen LogP contribution in [0.4, 0.5) is 23.0 Å². The molecule has 5 rings (SSSR count). The van der Waals surface area contributed by atoms with Gasteiger partial charge in [-0.2, -0.15) is 5.26 Å². The van der Waals surface area contributed by atoms with Crippen LogP contribution >= 0.6 is 11.6 Å². The van der Waals surface area contributed by atoms with Crippen molar-refractivity contribution in [1.29, 1.82) is 5.26 Å². The highest BCUT2D eigenvalue weighted by Crippen LogP contribution is 2.27. The molecular formula is C24H23ClN10O3. The van der Waals surface area contributed by atoms with Crippen molar-refractivity contribution < 1.29 is 14.1 Å². The average Bonchev–Trinajstić information content (AvgIpc) is 3.56. The van der Waals surface area contributed by atoms with E-state index in [0.29, 0.717) is 28.7 Å².